The van der Waals surface area contributed by atoms with Gasteiger partial charge in [0, 0.05) is 18.0 Å². The van der Waals surface area contributed by atoms with E-state index in [0.717, 1.165) is 32.1 Å². The summed E-state index contributed by atoms with van der Waals surface area (Å²) in [5.41, 5.74) is 6.08. The third-order valence-electron chi connectivity index (χ3n) is 3.96. The lowest BCUT2D eigenvalue weighted by Crippen LogP contribution is -2.62. The van der Waals surface area contributed by atoms with Crippen LogP contribution in [0.4, 0.5) is 0 Å². The molecule has 1 atom stereocenters. The minimum Gasteiger partial charge on any atom is -0.505 e. The fourth-order valence-corrected chi connectivity index (χ4v) is 2.69. The highest BCUT2D eigenvalue weighted by Crippen LogP contribution is 2.40. The van der Waals surface area contributed by atoms with E-state index in [1.807, 2.05) is 0 Å². The summed E-state index contributed by atoms with van der Waals surface area (Å²) in [5, 5.41) is 8.93. The van der Waals surface area contributed by atoms with Gasteiger partial charge >= 0.3 is 0 Å². The van der Waals surface area contributed by atoms with Crippen molar-refractivity contribution in [3.05, 3.63) is 24.5 Å². The molecule has 0 aromatic rings. The van der Waals surface area contributed by atoms with Crippen LogP contribution >= 0.6 is 0 Å². The molecule has 2 heterocycles. The van der Waals surface area contributed by atoms with E-state index in [-0.39, 0.29) is 17.5 Å². The van der Waals surface area contributed by atoms with Gasteiger partial charge in [0.15, 0.2) is 5.76 Å². The van der Waals surface area contributed by atoms with Gasteiger partial charge < -0.3 is 14.7 Å². The van der Waals surface area contributed by atoms with Crippen LogP contribution in [0, 0.1) is 5.41 Å². The van der Waals surface area contributed by atoms with Crippen LogP contribution in [0.25, 0.3) is 0 Å². The molecule has 1 amide bonds. The number of likely N-dealkylation sites (tertiary alicyclic amines) is 1. The van der Waals surface area contributed by atoms with Gasteiger partial charge in [-0.3, -0.25) is 15.0 Å². The molecule has 0 aliphatic carbocycles. The summed E-state index contributed by atoms with van der Waals surface area (Å²) >= 11 is 0. The number of nitrogens with zero attached hydrogens (tertiary/aromatic N) is 1. The lowest BCUT2D eigenvalue weighted by molar-refractivity contribution is -0.163. The number of carbonyl (C=O) groups is 2. The zero-order chi connectivity index (χ0) is 15.5. The first kappa shape index (κ1) is 15.7. The number of ketones is 1. The van der Waals surface area contributed by atoms with E-state index in [1.54, 1.807) is 11.9 Å². The van der Waals surface area contributed by atoms with E-state index in [2.05, 4.69) is 17.4 Å². The molecular weight excluding hydrogens is 274 g/mol. The number of hydrazine groups is 1. The normalized spacial score (nSPS) is 24.0. The van der Waals surface area contributed by atoms with E-state index in [1.165, 1.54) is 6.08 Å². The number of aliphatic hydroxyl groups is 1. The zero-order valence-electron chi connectivity index (χ0n) is 12.1. The van der Waals surface area contributed by atoms with Crippen molar-refractivity contribution in [1.29, 1.82) is 0 Å². The third kappa shape index (κ3) is 3.49. The van der Waals surface area contributed by atoms with E-state index >= 15 is 0 Å². The Hall–Kier alpha value is -1.70. The minimum absolute atomic E-state index is 0.155. The van der Waals surface area contributed by atoms with Crippen LogP contribution in [0.3, 0.4) is 0 Å². The summed E-state index contributed by atoms with van der Waals surface area (Å²) in [4.78, 5) is 25.1. The standard InChI is InChI=1S/C14H21N3O4/c1-10(18)11(19)3-4-13(20)17-6-5-14(8-21-9-14)7-12(17)16-15-2/h3-4,12,15-16,18H,1,5-9H2,2H3/b4-3-/t12-/m0/s1. The minimum atomic E-state index is -0.664. The molecule has 0 radical (unpaired) electrons. The van der Waals surface area contributed by atoms with Crippen molar-refractivity contribution in [2.24, 2.45) is 5.41 Å². The Kier molecular flexibility index (Phi) is 4.76. The van der Waals surface area contributed by atoms with Crippen molar-refractivity contribution in [3.8, 4) is 0 Å². The molecule has 0 unspecified atom stereocenters. The molecule has 1 spiro atoms. The number of rotatable bonds is 5. The molecule has 116 valence electrons. The molecule has 2 fully saturated rings. The quantitative estimate of drug-likeness (QED) is 0.372. The zero-order valence-corrected chi connectivity index (χ0v) is 12.1. The molecule has 0 aromatic carbocycles. The van der Waals surface area contributed by atoms with Crippen molar-refractivity contribution >= 4 is 11.7 Å². The summed E-state index contributed by atoms with van der Waals surface area (Å²) in [6.45, 7) is 5.18. The molecule has 0 saturated carbocycles. The van der Waals surface area contributed by atoms with Crippen LogP contribution in [-0.2, 0) is 14.3 Å². The molecule has 0 bridgehead atoms. The molecule has 2 aliphatic heterocycles. The van der Waals surface area contributed by atoms with E-state index in [9.17, 15) is 9.59 Å². The molecule has 2 rings (SSSR count). The highest BCUT2D eigenvalue weighted by Gasteiger charge is 2.45. The number of ether oxygens (including phenoxy) is 1. The average Bonchev–Trinajstić information content (AvgIpc) is 2.42. The van der Waals surface area contributed by atoms with Crippen molar-refractivity contribution in [1.82, 2.24) is 15.8 Å². The Labute approximate surface area is 123 Å². The van der Waals surface area contributed by atoms with Gasteiger partial charge in [0.2, 0.25) is 11.7 Å². The van der Waals surface area contributed by atoms with E-state index in [4.69, 9.17) is 9.84 Å². The Morgan fingerprint density at radius 2 is 2.14 bits per heavy atom. The molecular formula is C14H21N3O4. The van der Waals surface area contributed by atoms with Crippen molar-refractivity contribution < 1.29 is 19.4 Å². The van der Waals surface area contributed by atoms with Gasteiger partial charge in [0.05, 0.1) is 19.4 Å². The summed E-state index contributed by atoms with van der Waals surface area (Å²) in [7, 11) is 1.75. The Morgan fingerprint density at radius 1 is 1.43 bits per heavy atom. The van der Waals surface area contributed by atoms with Crippen LogP contribution in [0.2, 0.25) is 0 Å². The van der Waals surface area contributed by atoms with E-state index < -0.39 is 11.5 Å². The molecule has 7 nitrogen and oxygen atoms in total. The first-order valence-corrected chi connectivity index (χ1v) is 6.88. The number of piperidine rings is 1. The second-order valence-corrected chi connectivity index (χ2v) is 5.53. The highest BCUT2D eigenvalue weighted by molar-refractivity contribution is 6.05. The predicted molar refractivity (Wildman–Crippen MR) is 76.1 cm³/mol. The van der Waals surface area contributed by atoms with Gasteiger partial charge in [-0.15, -0.1) is 0 Å². The molecule has 2 aliphatic rings. The SMILES string of the molecule is C=C(O)C(=O)/C=C\C(=O)N1CCC2(COC2)C[C@H]1NNC. The van der Waals surface area contributed by atoms with Crippen LogP contribution in [-0.4, -0.2) is 54.7 Å². The highest BCUT2D eigenvalue weighted by atomic mass is 16.5. The van der Waals surface area contributed by atoms with Gasteiger partial charge in [-0.25, -0.2) is 5.43 Å². The number of hydrogen-bond donors (Lipinski definition) is 3. The summed E-state index contributed by atoms with van der Waals surface area (Å²) in [6, 6.07) is 0. The maximum Gasteiger partial charge on any atom is 0.247 e. The summed E-state index contributed by atoms with van der Waals surface area (Å²) in [5.74, 6) is -1.51. The van der Waals surface area contributed by atoms with Crippen LogP contribution in [0.1, 0.15) is 12.8 Å². The topological polar surface area (TPSA) is 90.9 Å². The number of allylic oxidation sites excluding steroid dienone is 1. The fourth-order valence-electron chi connectivity index (χ4n) is 2.69. The van der Waals surface area contributed by atoms with Gasteiger partial charge in [-0.1, -0.05) is 6.58 Å². The third-order valence-corrected chi connectivity index (χ3v) is 3.96. The van der Waals surface area contributed by atoms with Gasteiger partial charge in [0.25, 0.3) is 0 Å². The monoisotopic (exact) mass is 295 g/mol. The molecule has 21 heavy (non-hydrogen) atoms. The van der Waals surface area contributed by atoms with Gasteiger partial charge in [0.1, 0.15) is 0 Å². The van der Waals surface area contributed by atoms with Crippen LogP contribution in [0.5, 0.6) is 0 Å². The molecule has 7 heteroatoms. The maximum atomic E-state index is 12.2. The maximum absolute atomic E-state index is 12.2. The summed E-state index contributed by atoms with van der Waals surface area (Å²) < 4.78 is 5.30. The molecule has 2 saturated heterocycles. The van der Waals surface area contributed by atoms with Crippen molar-refractivity contribution in [2.75, 3.05) is 26.8 Å². The largest absolute Gasteiger partial charge is 0.505 e. The Morgan fingerprint density at radius 3 is 2.67 bits per heavy atom. The predicted octanol–water partition coefficient (Wildman–Crippen LogP) is -0.127. The van der Waals surface area contributed by atoms with Crippen LogP contribution in [0.15, 0.2) is 24.5 Å². The Bertz CT molecular complexity index is 471. The van der Waals surface area contributed by atoms with Crippen LogP contribution < -0.4 is 10.9 Å². The molecule has 3 N–H and O–H groups in total. The molecule has 0 aromatic heterocycles. The Balaban J connectivity index is 2.01. The number of carbonyl (C=O) groups excluding carboxylic acids is 2. The number of amides is 1. The fraction of sp³-hybridized carbons (Fsp3) is 0.571. The number of hydrogen-bond acceptors (Lipinski definition) is 6. The number of nitrogens with one attached hydrogen (secondary N) is 2. The number of aliphatic hydroxyl groups excluding tert-OH is 1. The average molecular weight is 295 g/mol. The lowest BCUT2D eigenvalue weighted by atomic mass is 9.75. The smallest absolute Gasteiger partial charge is 0.247 e. The lowest BCUT2D eigenvalue weighted by Gasteiger charge is -2.50. The van der Waals surface area contributed by atoms with Crippen molar-refractivity contribution in [2.45, 2.75) is 19.0 Å². The summed E-state index contributed by atoms with van der Waals surface area (Å²) in [6.07, 6.45) is 3.74. The first-order valence-electron chi connectivity index (χ1n) is 6.88. The van der Waals surface area contributed by atoms with Crippen molar-refractivity contribution in [3.63, 3.8) is 0 Å². The van der Waals surface area contributed by atoms with Gasteiger partial charge in [-0.05, 0) is 26.0 Å². The second-order valence-electron chi connectivity index (χ2n) is 5.53. The first-order chi connectivity index (χ1) is 9.97. The second kappa shape index (κ2) is 6.38. The van der Waals surface area contributed by atoms with E-state index in [0.29, 0.717) is 6.54 Å². The van der Waals surface area contributed by atoms with Gasteiger partial charge in [-0.2, -0.15) is 0 Å².